The molecule has 1 aromatic rings. The van der Waals surface area contributed by atoms with E-state index in [9.17, 15) is 14.4 Å². The average molecular weight is 486 g/mol. The second-order valence-electron chi connectivity index (χ2n) is 10.0. The zero-order valence-electron chi connectivity index (χ0n) is 21.8. The molecule has 3 rings (SSSR count). The maximum atomic E-state index is 13.2. The number of piperazine rings is 1. The molecule has 1 atom stereocenters. The van der Waals surface area contributed by atoms with E-state index in [1.807, 2.05) is 63.8 Å². The molecule has 0 aliphatic carbocycles. The van der Waals surface area contributed by atoms with E-state index in [1.54, 1.807) is 11.8 Å². The van der Waals surface area contributed by atoms with Gasteiger partial charge < -0.3 is 20.3 Å². The van der Waals surface area contributed by atoms with Gasteiger partial charge in [0, 0.05) is 50.5 Å². The number of ether oxygens (including phenoxy) is 1. The van der Waals surface area contributed by atoms with E-state index in [0.29, 0.717) is 50.5 Å². The standard InChI is InChI=1S/C26H39N5O4/c1-7-31-20(17-29-13-15-30(16-14-29)25(34)28-26(4,5)6)21(23(32)35-8-2)22(27-24(31)33)19-12-10-9-11-18(19)3/h9-12,22H,7-8,13-17H2,1-6H3,(H,27,33)(H,28,34)/t22-/m1/s1. The minimum Gasteiger partial charge on any atom is -0.463 e. The Bertz CT molecular complexity index is 976. The molecular formula is C26H39N5O4. The van der Waals surface area contributed by atoms with Crippen molar-refractivity contribution in [2.45, 2.75) is 53.1 Å². The topological polar surface area (TPSA) is 94.2 Å². The van der Waals surface area contributed by atoms with Crippen molar-refractivity contribution >= 4 is 18.0 Å². The number of urea groups is 2. The lowest BCUT2D eigenvalue weighted by Gasteiger charge is -2.41. The number of nitrogens with zero attached hydrogens (tertiary/aromatic N) is 3. The number of hydrogen-bond acceptors (Lipinski definition) is 5. The number of carbonyl (C=O) groups is 3. The summed E-state index contributed by atoms with van der Waals surface area (Å²) in [4.78, 5) is 44.6. The first-order chi connectivity index (χ1) is 16.6. The highest BCUT2D eigenvalue weighted by Gasteiger charge is 2.39. The van der Waals surface area contributed by atoms with Crippen molar-refractivity contribution in [1.29, 1.82) is 0 Å². The predicted octanol–water partition coefficient (Wildman–Crippen LogP) is 3.02. The second-order valence-corrected chi connectivity index (χ2v) is 10.0. The molecule has 9 nitrogen and oxygen atoms in total. The summed E-state index contributed by atoms with van der Waals surface area (Å²) in [7, 11) is 0. The van der Waals surface area contributed by atoms with Gasteiger partial charge in [-0.25, -0.2) is 14.4 Å². The third-order valence-electron chi connectivity index (χ3n) is 6.26. The van der Waals surface area contributed by atoms with Crippen molar-refractivity contribution in [2.75, 3.05) is 45.9 Å². The van der Waals surface area contributed by atoms with Gasteiger partial charge in [0.2, 0.25) is 0 Å². The van der Waals surface area contributed by atoms with Crippen molar-refractivity contribution in [3.05, 3.63) is 46.7 Å². The molecule has 1 fully saturated rings. The van der Waals surface area contributed by atoms with Crippen LogP contribution in [0.5, 0.6) is 0 Å². The average Bonchev–Trinajstić information content (AvgIpc) is 2.78. The highest BCUT2D eigenvalue weighted by molar-refractivity contribution is 5.95. The summed E-state index contributed by atoms with van der Waals surface area (Å²) in [5.41, 5.74) is 2.70. The first-order valence-corrected chi connectivity index (χ1v) is 12.4. The quantitative estimate of drug-likeness (QED) is 0.604. The molecule has 0 unspecified atom stereocenters. The number of hydrogen-bond donors (Lipinski definition) is 2. The Balaban J connectivity index is 1.90. The van der Waals surface area contributed by atoms with E-state index in [2.05, 4.69) is 15.5 Å². The summed E-state index contributed by atoms with van der Waals surface area (Å²) in [6.45, 7) is 15.1. The number of aryl methyl sites for hydroxylation is 1. The van der Waals surface area contributed by atoms with Crippen molar-refractivity contribution in [3.63, 3.8) is 0 Å². The van der Waals surface area contributed by atoms with E-state index in [1.165, 1.54) is 0 Å². The van der Waals surface area contributed by atoms with Crippen LogP contribution in [-0.2, 0) is 9.53 Å². The Labute approximate surface area is 208 Å². The summed E-state index contributed by atoms with van der Waals surface area (Å²) < 4.78 is 5.46. The molecular weight excluding hydrogens is 446 g/mol. The molecule has 2 aliphatic heterocycles. The van der Waals surface area contributed by atoms with E-state index in [-0.39, 0.29) is 24.2 Å². The van der Waals surface area contributed by atoms with Crippen LogP contribution in [0, 0.1) is 6.92 Å². The number of nitrogens with one attached hydrogen (secondary N) is 2. The smallest absolute Gasteiger partial charge is 0.338 e. The van der Waals surface area contributed by atoms with Gasteiger partial charge in [-0.3, -0.25) is 9.80 Å². The molecule has 2 heterocycles. The first-order valence-electron chi connectivity index (χ1n) is 12.4. The number of benzene rings is 1. The second kappa shape index (κ2) is 11.1. The Morgan fingerprint density at radius 1 is 1.11 bits per heavy atom. The molecule has 2 N–H and O–H groups in total. The zero-order valence-corrected chi connectivity index (χ0v) is 21.8. The molecule has 0 bridgehead atoms. The molecule has 1 aromatic carbocycles. The fraction of sp³-hybridized carbons (Fsp3) is 0.577. The van der Waals surface area contributed by atoms with Crippen molar-refractivity contribution in [1.82, 2.24) is 25.3 Å². The van der Waals surface area contributed by atoms with Crippen molar-refractivity contribution in [3.8, 4) is 0 Å². The number of amides is 4. The van der Waals surface area contributed by atoms with Gasteiger partial charge in [0.15, 0.2) is 0 Å². The van der Waals surface area contributed by atoms with Crippen molar-refractivity contribution in [2.24, 2.45) is 0 Å². The van der Waals surface area contributed by atoms with Gasteiger partial charge in [0.05, 0.1) is 18.2 Å². The molecule has 0 saturated carbocycles. The SMILES string of the molecule is CCOC(=O)C1=C(CN2CCN(C(=O)NC(C)(C)C)CC2)N(CC)C(=O)N[C@@H]1c1ccccc1C. The fourth-order valence-electron chi connectivity index (χ4n) is 4.52. The largest absolute Gasteiger partial charge is 0.463 e. The van der Waals surface area contributed by atoms with E-state index in [4.69, 9.17) is 4.74 Å². The van der Waals surface area contributed by atoms with E-state index < -0.39 is 12.0 Å². The van der Waals surface area contributed by atoms with Gasteiger partial charge in [0.1, 0.15) is 0 Å². The summed E-state index contributed by atoms with van der Waals surface area (Å²) in [5, 5.41) is 6.03. The molecule has 0 radical (unpaired) electrons. The highest BCUT2D eigenvalue weighted by atomic mass is 16.5. The Kier molecular flexibility index (Phi) is 8.43. The lowest BCUT2D eigenvalue weighted by atomic mass is 9.91. The zero-order chi connectivity index (χ0) is 25.8. The maximum Gasteiger partial charge on any atom is 0.338 e. The minimum absolute atomic E-state index is 0.0737. The third-order valence-corrected chi connectivity index (χ3v) is 6.26. The van der Waals surface area contributed by atoms with Gasteiger partial charge in [0.25, 0.3) is 0 Å². The van der Waals surface area contributed by atoms with Crippen LogP contribution in [0.15, 0.2) is 35.5 Å². The lowest BCUT2D eigenvalue weighted by molar-refractivity contribution is -0.139. The van der Waals surface area contributed by atoms with Crippen LogP contribution in [0.1, 0.15) is 51.8 Å². The van der Waals surface area contributed by atoms with Crippen LogP contribution < -0.4 is 10.6 Å². The van der Waals surface area contributed by atoms with Gasteiger partial charge in [-0.1, -0.05) is 24.3 Å². The Morgan fingerprint density at radius 2 is 1.77 bits per heavy atom. The number of likely N-dealkylation sites (N-methyl/N-ethyl adjacent to an activating group) is 1. The third kappa shape index (κ3) is 6.33. The molecule has 192 valence electrons. The van der Waals surface area contributed by atoms with Crippen LogP contribution >= 0.6 is 0 Å². The molecule has 4 amide bonds. The fourth-order valence-corrected chi connectivity index (χ4v) is 4.52. The summed E-state index contributed by atoms with van der Waals surface area (Å²) in [6.07, 6.45) is 0. The summed E-state index contributed by atoms with van der Waals surface area (Å²) in [6, 6.07) is 6.86. The Hall–Kier alpha value is -3.07. The van der Waals surface area contributed by atoms with Crippen LogP contribution in [0.25, 0.3) is 0 Å². The number of esters is 1. The van der Waals surface area contributed by atoms with Gasteiger partial charge in [-0.05, 0) is 52.7 Å². The molecule has 1 saturated heterocycles. The highest BCUT2D eigenvalue weighted by Crippen LogP contribution is 2.33. The van der Waals surface area contributed by atoms with E-state index in [0.717, 1.165) is 11.1 Å². The molecule has 0 spiro atoms. The molecule has 0 aromatic heterocycles. The number of rotatable bonds is 6. The van der Waals surface area contributed by atoms with Crippen LogP contribution in [-0.4, -0.2) is 84.1 Å². The number of carbonyl (C=O) groups excluding carboxylic acids is 3. The lowest BCUT2D eigenvalue weighted by Crippen LogP contribution is -2.56. The van der Waals surface area contributed by atoms with Crippen LogP contribution in [0.3, 0.4) is 0 Å². The monoisotopic (exact) mass is 485 g/mol. The minimum atomic E-state index is -0.584. The maximum absolute atomic E-state index is 13.2. The summed E-state index contributed by atoms with van der Waals surface area (Å²) >= 11 is 0. The molecule has 35 heavy (non-hydrogen) atoms. The molecule has 9 heteroatoms. The van der Waals surface area contributed by atoms with Crippen LogP contribution in [0.2, 0.25) is 0 Å². The van der Waals surface area contributed by atoms with Gasteiger partial charge >= 0.3 is 18.0 Å². The first kappa shape index (κ1) is 26.5. The summed E-state index contributed by atoms with van der Waals surface area (Å²) in [5.74, 6) is -0.419. The van der Waals surface area contributed by atoms with Gasteiger partial charge in [-0.15, -0.1) is 0 Å². The van der Waals surface area contributed by atoms with Gasteiger partial charge in [-0.2, -0.15) is 0 Å². The van der Waals surface area contributed by atoms with E-state index >= 15 is 0 Å². The normalized spacial score (nSPS) is 19.5. The predicted molar refractivity (Wildman–Crippen MR) is 135 cm³/mol. The molecule has 2 aliphatic rings. The Morgan fingerprint density at radius 3 is 2.34 bits per heavy atom. The van der Waals surface area contributed by atoms with Crippen LogP contribution in [0.4, 0.5) is 9.59 Å². The van der Waals surface area contributed by atoms with Crippen molar-refractivity contribution < 1.29 is 19.1 Å².